The van der Waals surface area contributed by atoms with Crippen molar-refractivity contribution in [2.45, 2.75) is 118 Å². The minimum Gasteiger partial charge on any atom is -1.00 e. The van der Waals surface area contributed by atoms with Gasteiger partial charge in [0.25, 0.3) is 0 Å². The first-order valence-electron chi connectivity index (χ1n) is 18.6. The van der Waals surface area contributed by atoms with Gasteiger partial charge < -0.3 is 24.8 Å². The molecule has 0 amide bonds. The van der Waals surface area contributed by atoms with E-state index in [9.17, 15) is 0 Å². The molecule has 5 aliphatic carbocycles. The van der Waals surface area contributed by atoms with E-state index < -0.39 is 0 Å². The maximum absolute atomic E-state index is 3.57. The van der Waals surface area contributed by atoms with E-state index in [0.717, 1.165) is 17.8 Å². The Morgan fingerprint density at radius 2 is 1.22 bits per heavy atom. The first-order chi connectivity index (χ1) is 22.6. The fourth-order valence-corrected chi connectivity index (χ4v) is 10.0. The Morgan fingerprint density at radius 3 is 1.58 bits per heavy atom. The zero-order valence-corrected chi connectivity index (χ0v) is 36.0. The van der Waals surface area contributed by atoms with Gasteiger partial charge in [0, 0.05) is 0 Å². The third-order valence-electron chi connectivity index (χ3n) is 11.8. The molecule has 0 aliphatic heterocycles. The van der Waals surface area contributed by atoms with Crippen molar-refractivity contribution >= 4 is 24.8 Å². The maximum atomic E-state index is 3.57. The van der Waals surface area contributed by atoms with Crippen LogP contribution in [0, 0.1) is 35.2 Å². The second-order valence-corrected chi connectivity index (χ2v) is 19.9. The Bertz CT molecular complexity index is 1740. The quantitative estimate of drug-likeness (QED) is 0.197. The van der Waals surface area contributed by atoms with E-state index in [1.165, 1.54) is 77.7 Å². The average Bonchev–Trinajstić information content (AvgIpc) is 3.53. The third-order valence-corrected chi connectivity index (χ3v) is 12.5. The van der Waals surface area contributed by atoms with E-state index in [0.29, 0.717) is 11.3 Å². The molecule has 50 heavy (non-hydrogen) atoms. The molecule has 4 saturated carbocycles. The molecule has 4 bridgehead atoms. The topological polar surface area (TPSA) is 0 Å². The van der Waals surface area contributed by atoms with Crippen molar-refractivity contribution in [2.75, 3.05) is 0 Å². The molecule has 1 atom stereocenters. The predicted molar refractivity (Wildman–Crippen MR) is 206 cm³/mol. The van der Waals surface area contributed by atoms with E-state index >= 15 is 0 Å². The van der Waals surface area contributed by atoms with Gasteiger partial charge in [-0.3, -0.25) is 6.08 Å². The fourth-order valence-electron chi connectivity index (χ4n) is 9.62. The number of hydrogen-bond acceptors (Lipinski definition) is 0. The van der Waals surface area contributed by atoms with Gasteiger partial charge in [-0.2, -0.15) is 11.6 Å². The summed E-state index contributed by atoms with van der Waals surface area (Å²) in [6.45, 7) is 20.4. The van der Waals surface area contributed by atoms with Gasteiger partial charge in [-0.1, -0.05) is 103 Å². The van der Waals surface area contributed by atoms with Gasteiger partial charge in [-0.05, 0) is 72.5 Å². The zero-order valence-electron chi connectivity index (χ0n) is 32.0. The SMILES string of the molecule is CC(C)(C)c1ccc2[cH-]c3ccc(C(C)(C)C)cc3c2c1.CC1=[C-]C(C)C=C1CC12CC3CC(CC(C3)C1)C2.C[C](=[Zr+2])c1ccccc1.[Cl-].[Cl-]. The predicted octanol–water partition coefficient (Wildman–Crippen LogP) is 7.01. The Hall–Kier alpha value is -1.66. The Labute approximate surface area is 331 Å². The summed E-state index contributed by atoms with van der Waals surface area (Å²) < 4.78 is 1.46. The minimum atomic E-state index is 0. The van der Waals surface area contributed by atoms with Crippen molar-refractivity contribution in [3.8, 4) is 0 Å². The Kier molecular flexibility index (Phi) is 13.3. The van der Waals surface area contributed by atoms with Crippen LogP contribution >= 0.6 is 0 Å². The van der Waals surface area contributed by atoms with E-state index in [1.807, 2.05) is 6.07 Å². The summed E-state index contributed by atoms with van der Waals surface area (Å²) in [5, 5.41) is 5.49. The number of rotatable bonds is 3. The van der Waals surface area contributed by atoms with Crippen LogP contribution in [0.2, 0.25) is 0 Å². The summed E-state index contributed by atoms with van der Waals surface area (Å²) in [5.74, 6) is 3.82. The molecule has 0 aromatic heterocycles. The van der Waals surface area contributed by atoms with Crippen LogP contribution in [0.4, 0.5) is 0 Å². The van der Waals surface area contributed by atoms with Gasteiger partial charge >= 0.3 is 70.3 Å². The van der Waals surface area contributed by atoms with Crippen LogP contribution in [0.15, 0.2) is 90.0 Å². The largest absolute Gasteiger partial charge is 1.00 e. The number of halogens is 2. The van der Waals surface area contributed by atoms with Gasteiger partial charge in [0.1, 0.15) is 0 Å². The van der Waals surface area contributed by atoms with Gasteiger partial charge in [-0.15, -0.1) is 39.7 Å². The third kappa shape index (κ3) is 9.46. The Balaban J connectivity index is 0.000000177. The van der Waals surface area contributed by atoms with Crippen molar-refractivity contribution in [2.24, 2.45) is 29.1 Å². The first-order valence-corrected chi connectivity index (χ1v) is 19.9. The molecule has 1 unspecified atom stereocenters. The second kappa shape index (κ2) is 16.2. The summed E-state index contributed by atoms with van der Waals surface area (Å²) in [5.41, 5.74) is 8.37. The molecule has 266 valence electrons. The number of allylic oxidation sites excluding steroid dienone is 4. The second-order valence-electron chi connectivity index (χ2n) is 18.1. The van der Waals surface area contributed by atoms with Crippen molar-refractivity contribution in [1.29, 1.82) is 0 Å². The summed E-state index contributed by atoms with van der Waals surface area (Å²) in [6, 6.07) is 26.6. The Morgan fingerprint density at radius 1 is 0.760 bits per heavy atom. The average molecular weight is 785 g/mol. The fraction of sp³-hybridized carbons (Fsp3) is 0.489. The van der Waals surface area contributed by atoms with Crippen LogP contribution in [0.3, 0.4) is 0 Å². The molecule has 0 radical (unpaired) electrons. The number of hydrogen-bond donors (Lipinski definition) is 0. The van der Waals surface area contributed by atoms with Gasteiger partial charge in [0.05, 0.1) is 0 Å². The zero-order chi connectivity index (χ0) is 34.4. The molecule has 3 heteroatoms. The summed E-state index contributed by atoms with van der Waals surface area (Å²) in [7, 11) is 0. The van der Waals surface area contributed by atoms with Gasteiger partial charge in [0.2, 0.25) is 0 Å². The van der Waals surface area contributed by atoms with Crippen LogP contribution in [0.5, 0.6) is 0 Å². The maximum Gasteiger partial charge on any atom is -1.00 e. The molecule has 5 aliphatic rings. The van der Waals surface area contributed by atoms with Crippen LogP contribution in [-0.4, -0.2) is 3.21 Å². The molecule has 9 rings (SSSR count). The van der Waals surface area contributed by atoms with Crippen molar-refractivity contribution in [3.05, 3.63) is 113 Å². The molecular formula is C47H58Cl2Zr-2. The summed E-state index contributed by atoms with van der Waals surface area (Å²) in [6.07, 6.45) is 16.7. The summed E-state index contributed by atoms with van der Waals surface area (Å²) >= 11 is 1.51. The van der Waals surface area contributed by atoms with Gasteiger partial charge in [-0.25, -0.2) is 5.57 Å². The van der Waals surface area contributed by atoms with Gasteiger partial charge in [0.15, 0.2) is 0 Å². The van der Waals surface area contributed by atoms with Crippen LogP contribution in [0.1, 0.15) is 124 Å². The van der Waals surface area contributed by atoms with E-state index in [2.05, 4.69) is 141 Å². The number of fused-ring (bicyclic) bond motifs is 3. The minimum absolute atomic E-state index is 0. The van der Waals surface area contributed by atoms with E-state index in [4.69, 9.17) is 0 Å². The van der Waals surface area contributed by atoms with Crippen LogP contribution < -0.4 is 24.8 Å². The molecule has 0 heterocycles. The molecule has 0 spiro atoms. The monoisotopic (exact) mass is 782 g/mol. The molecule has 4 aromatic rings. The summed E-state index contributed by atoms with van der Waals surface area (Å²) in [4.78, 5) is 0. The molecule has 0 nitrogen and oxygen atoms in total. The molecule has 0 N–H and O–H groups in total. The normalized spacial score (nSPS) is 25.0. The molecule has 4 aromatic carbocycles. The smallest absolute Gasteiger partial charge is 1.00 e. The van der Waals surface area contributed by atoms with Crippen molar-refractivity contribution in [3.63, 3.8) is 0 Å². The first kappa shape index (κ1) is 41.1. The molecular weight excluding hydrogens is 727 g/mol. The van der Waals surface area contributed by atoms with E-state index in [1.54, 1.807) is 44.1 Å². The number of benzene rings is 3. The van der Waals surface area contributed by atoms with Crippen LogP contribution in [-0.2, 0) is 35.1 Å². The van der Waals surface area contributed by atoms with Crippen molar-refractivity contribution in [1.82, 2.24) is 0 Å². The van der Waals surface area contributed by atoms with Crippen molar-refractivity contribution < 1.29 is 49.0 Å². The van der Waals surface area contributed by atoms with Crippen LogP contribution in [0.25, 0.3) is 21.5 Å². The van der Waals surface area contributed by atoms with E-state index in [-0.39, 0.29) is 35.6 Å². The molecule has 4 fully saturated rings. The molecule has 0 saturated heterocycles. The standard InChI is InChI=1S/C21H25.C18H25.C8H8.2ClH.Zr/c1-20(2,3)16-9-7-14-11-15-8-10-17(21(4,5)6)13-19(15)18(14)12-16;1-12-3-13(2)17(4-12)11-18-8-14-5-15(9-18)7-16(6-14)10-18;1-2-8-6-4-3-5-7-8;;;/h7-13H,1-6H3;4,12,14-16H,5-11H2,1-2H3;3-7H,1H3;2*1H;/q2*-1;;;;+2/p-2.